The van der Waals surface area contributed by atoms with Crippen LogP contribution in [-0.4, -0.2) is 49.6 Å². The highest BCUT2D eigenvalue weighted by atomic mass is 32.2. The smallest absolute Gasteiger partial charge is 0.248 e. The van der Waals surface area contributed by atoms with Crippen molar-refractivity contribution in [2.75, 3.05) is 12.9 Å². The van der Waals surface area contributed by atoms with Crippen molar-refractivity contribution in [3.63, 3.8) is 0 Å². The highest BCUT2D eigenvalue weighted by Gasteiger charge is 2.20. The minimum Gasteiger partial charge on any atom is -0.497 e. The molecule has 3 aromatic heterocycles. The topological polar surface area (TPSA) is 140 Å². The standard InChI is InChI=1S/C26H23N7O4S/c1-36-19-11-9-17(10-12-19)14-23(34)29-30-24(35)16-38-26-32-31-25(33(26)18-6-3-2-4-7-18)21-15-20(27-28-21)22-8-5-13-37-22/h2-13,15H,14,16H2,1H3,(H,27,28)(H,29,34)(H,30,35). The van der Waals surface area contributed by atoms with Crippen LogP contribution >= 0.6 is 11.8 Å². The van der Waals surface area contributed by atoms with Gasteiger partial charge in [0.1, 0.15) is 17.1 Å². The number of furan rings is 1. The molecule has 0 atom stereocenters. The summed E-state index contributed by atoms with van der Waals surface area (Å²) >= 11 is 1.19. The summed E-state index contributed by atoms with van der Waals surface area (Å²) in [4.78, 5) is 24.7. The summed E-state index contributed by atoms with van der Waals surface area (Å²) in [6.45, 7) is 0. The van der Waals surface area contributed by atoms with E-state index in [0.717, 1.165) is 11.3 Å². The number of hydrogen-bond acceptors (Lipinski definition) is 8. The molecule has 0 bridgehead atoms. The number of methoxy groups -OCH3 is 1. The van der Waals surface area contributed by atoms with Gasteiger partial charge in [-0.15, -0.1) is 10.2 Å². The number of para-hydroxylation sites is 1. The van der Waals surface area contributed by atoms with Gasteiger partial charge in [0.15, 0.2) is 16.7 Å². The summed E-state index contributed by atoms with van der Waals surface area (Å²) in [5.41, 5.74) is 7.75. The van der Waals surface area contributed by atoms with Gasteiger partial charge in [-0.25, -0.2) is 0 Å². The Morgan fingerprint density at radius 1 is 1.00 bits per heavy atom. The minimum atomic E-state index is -0.387. The Labute approximate surface area is 221 Å². The first kappa shape index (κ1) is 24.8. The third-order valence-corrected chi connectivity index (χ3v) is 6.37. The van der Waals surface area contributed by atoms with Crippen molar-refractivity contribution in [3.05, 3.63) is 84.6 Å². The van der Waals surface area contributed by atoms with Gasteiger partial charge in [-0.05, 0) is 48.0 Å². The number of aromatic nitrogens is 5. The van der Waals surface area contributed by atoms with E-state index >= 15 is 0 Å². The molecular formula is C26H23N7O4S. The van der Waals surface area contributed by atoms with Crippen molar-refractivity contribution in [2.24, 2.45) is 0 Å². The van der Waals surface area contributed by atoms with Crippen LogP contribution in [0.3, 0.4) is 0 Å². The summed E-state index contributed by atoms with van der Waals surface area (Å²) in [5.74, 6) is 1.13. The van der Waals surface area contributed by atoms with Crippen molar-refractivity contribution < 1.29 is 18.7 Å². The van der Waals surface area contributed by atoms with E-state index in [1.54, 1.807) is 43.7 Å². The first-order valence-corrected chi connectivity index (χ1v) is 12.5. The van der Waals surface area contributed by atoms with Gasteiger partial charge in [0.05, 0.1) is 25.5 Å². The zero-order chi connectivity index (χ0) is 26.3. The summed E-state index contributed by atoms with van der Waals surface area (Å²) in [5, 5.41) is 16.5. The maximum Gasteiger partial charge on any atom is 0.248 e. The van der Waals surface area contributed by atoms with E-state index in [1.807, 2.05) is 47.0 Å². The van der Waals surface area contributed by atoms with E-state index in [1.165, 1.54) is 11.8 Å². The normalized spacial score (nSPS) is 10.8. The average Bonchev–Trinajstić information content (AvgIpc) is 3.72. The van der Waals surface area contributed by atoms with E-state index < -0.39 is 0 Å². The zero-order valence-electron chi connectivity index (χ0n) is 20.2. The van der Waals surface area contributed by atoms with E-state index in [9.17, 15) is 9.59 Å². The van der Waals surface area contributed by atoms with E-state index in [2.05, 4.69) is 31.2 Å². The lowest BCUT2D eigenvalue weighted by Crippen LogP contribution is -2.43. The molecule has 3 heterocycles. The second-order valence-electron chi connectivity index (χ2n) is 8.03. The van der Waals surface area contributed by atoms with Crippen molar-refractivity contribution >= 4 is 23.6 Å². The van der Waals surface area contributed by atoms with Crippen LogP contribution in [0, 0.1) is 0 Å². The second-order valence-corrected chi connectivity index (χ2v) is 8.97. The van der Waals surface area contributed by atoms with Gasteiger partial charge in [0.25, 0.3) is 0 Å². The summed E-state index contributed by atoms with van der Waals surface area (Å²) < 4.78 is 12.4. The number of nitrogens with zero attached hydrogens (tertiary/aromatic N) is 4. The molecule has 12 heteroatoms. The molecule has 0 fully saturated rings. The van der Waals surface area contributed by atoms with Crippen molar-refractivity contribution in [1.82, 2.24) is 35.8 Å². The molecule has 0 aliphatic heterocycles. The predicted molar refractivity (Wildman–Crippen MR) is 140 cm³/mol. The molecule has 5 aromatic rings. The average molecular weight is 530 g/mol. The van der Waals surface area contributed by atoms with Gasteiger partial charge < -0.3 is 9.15 Å². The number of ether oxygens (including phenoxy) is 1. The number of thioether (sulfide) groups is 1. The van der Waals surface area contributed by atoms with Gasteiger partial charge in [-0.2, -0.15) is 5.10 Å². The molecule has 0 aliphatic rings. The second kappa shape index (κ2) is 11.5. The Bertz CT molecular complexity index is 1510. The largest absolute Gasteiger partial charge is 0.497 e. The SMILES string of the molecule is COc1ccc(CC(=O)NNC(=O)CSc2nnc(-c3cc(-c4ccco4)[nH]n3)n2-c2ccccc2)cc1. The summed E-state index contributed by atoms with van der Waals surface area (Å²) in [6, 6.07) is 22.1. The molecule has 2 amide bonds. The van der Waals surface area contributed by atoms with Crippen LogP contribution in [0.4, 0.5) is 0 Å². The highest BCUT2D eigenvalue weighted by Crippen LogP contribution is 2.29. The Hall–Kier alpha value is -4.84. The van der Waals surface area contributed by atoms with Crippen LogP contribution in [0.15, 0.2) is 88.6 Å². The summed E-state index contributed by atoms with van der Waals surface area (Å²) in [6.07, 6.45) is 1.70. The van der Waals surface area contributed by atoms with Gasteiger partial charge in [0, 0.05) is 5.69 Å². The zero-order valence-corrected chi connectivity index (χ0v) is 21.1. The number of rotatable bonds is 9. The highest BCUT2D eigenvalue weighted by molar-refractivity contribution is 7.99. The lowest BCUT2D eigenvalue weighted by atomic mass is 10.1. The maximum absolute atomic E-state index is 12.5. The third kappa shape index (κ3) is 5.76. The number of hydrogen-bond donors (Lipinski definition) is 3. The Morgan fingerprint density at radius 2 is 1.79 bits per heavy atom. The van der Waals surface area contributed by atoms with Crippen molar-refractivity contribution in [3.8, 4) is 34.4 Å². The molecule has 0 radical (unpaired) electrons. The number of benzene rings is 2. The molecular weight excluding hydrogens is 506 g/mol. The number of hydrazine groups is 1. The lowest BCUT2D eigenvalue weighted by molar-refractivity contribution is -0.127. The van der Waals surface area contributed by atoms with Crippen molar-refractivity contribution in [1.29, 1.82) is 0 Å². The Balaban J connectivity index is 1.25. The molecule has 3 N–H and O–H groups in total. The molecule has 0 spiro atoms. The Kier molecular flexibility index (Phi) is 7.50. The van der Waals surface area contributed by atoms with E-state index in [4.69, 9.17) is 9.15 Å². The van der Waals surface area contributed by atoms with Crippen LogP contribution in [0.2, 0.25) is 0 Å². The van der Waals surface area contributed by atoms with E-state index in [-0.39, 0.29) is 24.0 Å². The van der Waals surface area contributed by atoms with E-state index in [0.29, 0.717) is 33.9 Å². The maximum atomic E-state index is 12.5. The van der Waals surface area contributed by atoms with Crippen LogP contribution in [0.5, 0.6) is 5.75 Å². The molecule has 0 saturated carbocycles. The predicted octanol–water partition coefficient (Wildman–Crippen LogP) is 3.41. The summed E-state index contributed by atoms with van der Waals surface area (Å²) in [7, 11) is 1.58. The monoisotopic (exact) mass is 529 g/mol. The third-order valence-electron chi connectivity index (χ3n) is 5.44. The fraction of sp³-hybridized carbons (Fsp3) is 0.115. The number of carbonyl (C=O) groups excluding carboxylic acids is 2. The number of carbonyl (C=O) groups is 2. The number of H-pyrrole nitrogens is 1. The number of aromatic amines is 1. The van der Waals surface area contributed by atoms with Gasteiger partial charge in [-0.3, -0.25) is 30.1 Å². The molecule has 11 nitrogen and oxygen atoms in total. The van der Waals surface area contributed by atoms with Crippen molar-refractivity contribution in [2.45, 2.75) is 11.6 Å². The number of nitrogens with one attached hydrogen (secondary N) is 3. The molecule has 2 aromatic carbocycles. The fourth-order valence-corrected chi connectivity index (χ4v) is 4.36. The lowest BCUT2D eigenvalue weighted by Gasteiger charge is -2.10. The minimum absolute atomic E-state index is 0.00595. The van der Waals surface area contributed by atoms with Crippen LogP contribution in [0.25, 0.3) is 28.7 Å². The molecule has 0 saturated heterocycles. The van der Waals surface area contributed by atoms with Gasteiger partial charge >= 0.3 is 0 Å². The first-order chi connectivity index (χ1) is 18.6. The number of amides is 2. The van der Waals surface area contributed by atoms with Gasteiger partial charge in [-0.1, -0.05) is 42.1 Å². The quantitative estimate of drug-likeness (QED) is 0.195. The molecule has 5 rings (SSSR count). The van der Waals surface area contributed by atoms with Crippen LogP contribution < -0.4 is 15.6 Å². The fourth-order valence-electron chi connectivity index (χ4n) is 3.61. The van der Waals surface area contributed by atoms with Crippen LogP contribution in [0.1, 0.15) is 5.56 Å². The molecule has 38 heavy (non-hydrogen) atoms. The van der Waals surface area contributed by atoms with Gasteiger partial charge in [0.2, 0.25) is 11.8 Å². The van der Waals surface area contributed by atoms with Crippen LogP contribution in [-0.2, 0) is 16.0 Å². The Morgan fingerprint density at radius 3 is 2.53 bits per heavy atom. The molecule has 192 valence electrons. The molecule has 0 aliphatic carbocycles. The first-order valence-electron chi connectivity index (χ1n) is 11.5. The molecule has 0 unspecified atom stereocenters.